The molecule has 0 aromatic heterocycles. The number of carboxylic acids is 1. The third-order valence-corrected chi connectivity index (χ3v) is 6.03. The van der Waals surface area contributed by atoms with Crippen LogP contribution in [0.4, 0.5) is 5.69 Å². The molecule has 6 heteroatoms. The third kappa shape index (κ3) is 6.13. The predicted molar refractivity (Wildman–Crippen MR) is 140 cm³/mol. The Bertz CT molecular complexity index is 1260. The summed E-state index contributed by atoms with van der Waals surface area (Å²) in [7, 11) is 0. The molecule has 3 aromatic carbocycles. The molecule has 0 saturated heterocycles. The molecule has 0 saturated carbocycles. The SMILES string of the molecule is Cc1cc(NC(=O)Cc2ccccc2)cc(C(OC(C)(C)C)C(=O)O)c1-c1ccc2c(c1)CCCO2. The van der Waals surface area contributed by atoms with E-state index >= 15 is 0 Å². The Morgan fingerprint density at radius 2 is 1.83 bits per heavy atom. The van der Waals surface area contributed by atoms with Gasteiger partial charge in [0.25, 0.3) is 0 Å². The minimum Gasteiger partial charge on any atom is -0.493 e. The monoisotopic (exact) mass is 487 g/mol. The van der Waals surface area contributed by atoms with Crippen LogP contribution in [0.1, 0.15) is 55.5 Å². The molecule has 1 atom stereocenters. The number of carboxylic acid groups (broad SMARTS) is 1. The summed E-state index contributed by atoms with van der Waals surface area (Å²) in [4.78, 5) is 25.2. The van der Waals surface area contributed by atoms with E-state index < -0.39 is 17.7 Å². The lowest BCUT2D eigenvalue weighted by atomic mass is 9.89. The molecule has 1 unspecified atom stereocenters. The van der Waals surface area contributed by atoms with Crippen molar-refractivity contribution in [3.63, 3.8) is 0 Å². The fraction of sp³-hybridized carbons (Fsp3) is 0.333. The van der Waals surface area contributed by atoms with Gasteiger partial charge in [-0.15, -0.1) is 0 Å². The summed E-state index contributed by atoms with van der Waals surface area (Å²) in [5.74, 6) is -0.386. The summed E-state index contributed by atoms with van der Waals surface area (Å²) in [6.45, 7) is 8.12. The first-order chi connectivity index (χ1) is 17.1. The van der Waals surface area contributed by atoms with E-state index in [1.807, 2.05) is 76.2 Å². The maximum atomic E-state index is 12.8. The van der Waals surface area contributed by atoms with Crippen molar-refractivity contribution in [3.05, 3.63) is 82.9 Å². The lowest BCUT2D eigenvalue weighted by molar-refractivity contribution is -0.160. The van der Waals surface area contributed by atoms with E-state index in [0.29, 0.717) is 17.9 Å². The summed E-state index contributed by atoms with van der Waals surface area (Å²) >= 11 is 0. The zero-order chi connectivity index (χ0) is 25.9. The molecule has 1 aliphatic rings. The van der Waals surface area contributed by atoms with Crippen LogP contribution in [0.5, 0.6) is 5.75 Å². The number of aryl methyl sites for hydroxylation is 2. The van der Waals surface area contributed by atoms with Gasteiger partial charge in [0.1, 0.15) is 5.75 Å². The van der Waals surface area contributed by atoms with Gasteiger partial charge < -0.3 is 19.9 Å². The Balaban J connectivity index is 1.77. The fourth-order valence-electron chi connectivity index (χ4n) is 4.59. The molecule has 1 heterocycles. The van der Waals surface area contributed by atoms with Crippen LogP contribution in [-0.4, -0.2) is 29.2 Å². The number of fused-ring (bicyclic) bond motifs is 1. The molecule has 1 aliphatic heterocycles. The standard InChI is InChI=1S/C30H33NO5/c1-19-15-23(31-26(32)16-20-9-6-5-7-10-20)18-24(28(29(33)34)36-30(2,3)4)27(19)22-12-13-25-21(17-22)11-8-14-35-25/h5-7,9-10,12-13,15,17-18,28H,8,11,14,16H2,1-4H3,(H,31,32)(H,33,34). The zero-order valence-electron chi connectivity index (χ0n) is 21.3. The summed E-state index contributed by atoms with van der Waals surface area (Å²) in [5.41, 5.74) is 4.90. The average molecular weight is 488 g/mol. The van der Waals surface area contributed by atoms with Gasteiger partial charge in [-0.1, -0.05) is 36.4 Å². The van der Waals surface area contributed by atoms with Gasteiger partial charge >= 0.3 is 5.97 Å². The molecule has 1 amide bonds. The second kappa shape index (κ2) is 10.5. The van der Waals surface area contributed by atoms with E-state index in [2.05, 4.69) is 11.4 Å². The van der Waals surface area contributed by atoms with Gasteiger partial charge in [0, 0.05) is 11.3 Å². The number of anilines is 1. The Morgan fingerprint density at radius 3 is 2.53 bits per heavy atom. The number of nitrogens with one attached hydrogen (secondary N) is 1. The van der Waals surface area contributed by atoms with Crippen LogP contribution in [0.15, 0.2) is 60.7 Å². The quantitative estimate of drug-likeness (QED) is 0.420. The van der Waals surface area contributed by atoms with E-state index in [4.69, 9.17) is 9.47 Å². The molecule has 0 radical (unpaired) electrons. The number of hydrogen-bond acceptors (Lipinski definition) is 4. The molecule has 0 aliphatic carbocycles. The van der Waals surface area contributed by atoms with Crippen LogP contribution in [-0.2, 0) is 27.2 Å². The minimum atomic E-state index is -1.21. The van der Waals surface area contributed by atoms with Gasteiger partial charge in [0.15, 0.2) is 6.10 Å². The van der Waals surface area contributed by atoms with Crippen molar-refractivity contribution in [1.29, 1.82) is 0 Å². The van der Waals surface area contributed by atoms with E-state index in [1.165, 1.54) is 0 Å². The average Bonchev–Trinajstić information content (AvgIpc) is 2.82. The van der Waals surface area contributed by atoms with E-state index in [1.54, 1.807) is 6.07 Å². The predicted octanol–water partition coefficient (Wildman–Crippen LogP) is 6.11. The molecule has 4 rings (SSSR count). The highest BCUT2D eigenvalue weighted by molar-refractivity contribution is 5.94. The highest BCUT2D eigenvalue weighted by Gasteiger charge is 2.30. The molecular weight excluding hydrogens is 454 g/mol. The van der Waals surface area contributed by atoms with Gasteiger partial charge in [-0.3, -0.25) is 4.79 Å². The van der Waals surface area contributed by atoms with Gasteiger partial charge in [-0.25, -0.2) is 4.79 Å². The largest absolute Gasteiger partial charge is 0.493 e. The Hall–Kier alpha value is -3.64. The minimum absolute atomic E-state index is 0.172. The number of aliphatic carboxylic acids is 1. The maximum absolute atomic E-state index is 12.8. The molecule has 188 valence electrons. The second-order valence-corrected chi connectivity index (χ2v) is 10.2. The number of benzene rings is 3. The molecule has 6 nitrogen and oxygen atoms in total. The van der Waals surface area contributed by atoms with Crippen LogP contribution >= 0.6 is 0 Å². The number of ether oxygens (including phenoxy) is 2. The second-order valence-electron chi connectivity index (χ2n) is 10.2. The molecule has 0 spiro atoms. The van der Waals surface area contributed by atoms with Crippen LogP contribution in [0.2, 0.25) is 0 Å². The smallest absolute Gasteiger partial charge is 0.337 e. The van der Waals surface area contributed by atoms with Crippen LogP contribution in [0.3, 0.4) is 0 Å². The Kier molecular flexibility index (Phi) is 7.45. The van der Waals surface area contributed by atoms with Crippen LogP contribution in [0.25, 0.3) is 11.1 Å². The molecule has 0 bridgehead atoms. The van der Waals surface area contributed by atoms with Gasteiger partial charge in [0.05, 0.1) is 18.6 Å². The normalized spacial score (nSPS) is 13.9. The van der Waals surface area contributed by atoms with Crippen LogP contribution in [0, 0.1) is 6.92 Å². The van der Waals surface area contributed by atoms with E-state index in [9.17, 15) is 14.7 Å². The molecule has 0 fully saturated rings. The van der Waals surface area contributed by atoms with Crippen molar-refractivity contribution in [3.8, 4) is 16.9 Å². The Labute approximate surface area is 212 Å². The molecule has 2 N–H and O–H groups in total. The Morgan fingerprint density at radius 1 is 1.08 bits per heavy atom. The molecular formula is C30H33NO5. The maximum Gasteiger partial charge on any atom is 0.337 e. The highest BCUT2D eigenvalue weighted by atomic mass is 16.5. The van der Waals surface area contributed by atoms with Crippen molar-refractivity contribution in [2.24, 2.45) is 0 Å². The first-order valence-corrected chi connectivity index (χ1v) is 12.3. The fourth-order valence-corrected chi connectivity index (χ4v) is 4.59. The van der Waals surface area contributed by atoms with Gasteiger partial charge in [0.2, 0.25) is 5.91 Å². The number of rotatable bonds is 7. The zero-order valence-corrected chi connectivity index (χ0v) is 21.3. The van der Waals surface area contributed by atoms with E-state index in [-0.39, 0.29) is 12.3 Å². The summed E-state index contributed by atoms with van der Waals surface area (Å²) in [6.07, 6.45) is 0.866. The highest BCUT2D eigenvalue weighted by Crippen LogP contribution is 2.39. The number of carbonyl (C=O) groups excluding carboxylic acids is 1. The van der Waals surface area contributed by atoms with Crippen molar-refractivity contribution in [2.75, 3.05) is 11.9 Å². The summed E-state index contributed by atoms with van der Waals surface area (Å²) in [6, 6.07) is 19.1. The lowest BCUT2D eigenvalue weighted by Crippen LogP contribution is -2.28. The van der Waals surface area contributed by atoms with Gasteiger partial charge in [-0.05, 0) is 92.6 Å². The first-order valence-electron chi connectivity index (χ1n) is 12.3. The van der Waals surface area contributed by atoms with Crippen LogP contribution < -0.4 is 10.1 Å². The van der Waals surface area contributed by atoms with Crippen molar-refractivity contribution < 1.29 is 24.2 Å². The topological polar surface area (TPSA) is 84.9 Å². The first kappa shape index (κ1) is 25.5. The number of carbonyl (C=O) groups is 2. The lowest BCUT2D eigenvalue weighted by Gasteiger charge is -2.28. The van der Waals surface area contributed by atoms with Crippen molar-refractivity contribution in [2.45, 2.75) is 58.7 Å². The number of hydrogen-bond donors (Lipinski definition) is 2. The van der Waals surface area contributed by atoms with Gasteiger partial charge in [-0.2, -0.15) is 0 Å². The molecule has 3 aromatic rings. The summed E-state index contributed by atoms with van der Waals surface area (Å²) < 4.78 is 11.8. The van der Waals surface area contributed by atoms with Crippen molar-refractivity contribution >= 4 is 17.6 Å². The van der Waals surface area contributed by atoms with Crippen molar-refractivity contribution in [1.82, 2.24) is 0 Å². The number of amides is 1. The third-order valence-electron chi connectivity index (χ3n) is 6.03. The molecule has 36 heavy (non-hydrogen) atoms. The summed E-state index contributed by atoms with van der Waals surface area (Å²) in [5, 5.41) is 13.1. The van der Waals surface area contributed by atoms with E-state index in [0.717, 1.165) is 46.4 Å².